The Balaban J connectivity index is 1.84. The van der Waals surface area contributed by atoms with E-state index < -0.39 is 12.0 Å². The maximum Gasteiger partial charge on any atom is 0.371 e. The summed E-state index contributed by atoms with van der Waals surface area (Å²) in [6, 6.07) is 2.34. The zero-order valence-electron chi connectivity index (χ0n) is 9.84. The average molecular weight is 282 g/mol. The number of rotatable bonds is 4. The molecule has 3 N–H and O–H groups in total. The molecule has 2 aromatic heterocycles. The van der Waals surface area contributed by atoms with Crippen LogP contribution < -0.4 is 10.6 Å². The Kier molecular flexibility index (Phi) is 3.76. The monoisotopic (exact) mass is 282 g/mol. The van der Waals surface area contributed by atoms with Gasteiger partial charge in [-0.05, 0) is 19.1 Å². The highest BCUT2D eigenvalue weighted by Crippen LogP contribution is 2.10. The summed E-state index contributed by atoms with van der Waals surface area (Å²) < 4.78 is 8.90. The molecule has 0 saturated carbocycles. The van der Waals surface area contributed by atoms with Gasteiger partial charge in [0, 0.05) is 11.5 Å². The Bertz CT molecular complexity index is 606. The minimum Gasteiger partial charge on any atom is -0.475 e. The van der Waals surface area contributed by atoms with Gasteiger partial charge in [0.25, 0.3) is 0 Å². The Morgan fingerprint density at radius 3 is 2.84 bits per heavy atom. The molecule has 0 aliphatic carbocycles. The van der Waals surface area contributed by atoms with Crippen LogP contribution in [0.15, 0.2) is 16.5 Å². The highest BCUT2D eigenvalue weighted by molar-refractivity contribution is 7.09. The fourth-order valence-electron chi connectivity index (χ4n) is 1.24. The second kappa shape index (κ2) is 5.48. The summed E-state index contributed by atoms with van der Waals surface area (Å²) >= 11 is 1.07. The quantitative estimate of drug-likeness (QED) is 0.781. The number of hydrogen-bond donors (Lipinski definition) is 3. The van der Waals surface area contributed by atoms with Crippen molar-refractivity contribution < 1.29 is 19.1 Å². The van der Waals surface area contributed by atoms with Gasteiger partial charge < -0.3 is 14.8 Å². The number of aromatic nitrogens is 2. The fraction of sp³-hybridized carbons (Fsp3) is 0.200. The van der Waals surface area contributed by atoms with E-state index in [1.54, 1.807) is 6.92 Å². The maximum absolute atomic E-state index is 11.5. The Hall–Kier alpha value is -2.42. The molecule has 2 heterocycles. The van der Waals surface area contributed by atoms with E-state index in [0.29, 0.717) is 16.7 Å². The number of carbonyl (C=O) groups excluding carboxylic acids is 1. The molecule has 0 saturated heterocycles. The van der Waals surface area contributed by atoms with E-state index >= 15 is 0 Å². The van der Waals surface area contributed by atoms with Crippen LogP contribution in [0.3, 0.4) is 0 Å². The van der Waals surface area contributed by atoms with E-state index in [4.69, 9.17) is 9.52 Å². The highest BCUT2D eigenvalue weighted by Gasteiger charge is 2.10. The smallest absolute Gasteiger partial charge is 0.371 e. The minimum absolute atomic E-state index is 0.0803. The van der Waals surface area contributed by atoms with Crippen LogP contribution in [0.25, 0.3) is 0 Å². The van der Waals surface area contributed by atoms with E-state index in [2.05, 4.69) is 20.0 Å². The molecule has 0 radical (unpaired) electrons. The number of hydrogen-bond acceptors (Lipinski definition) is 6. The summed E-state index contributed by atoms with van der Waals surface area (Å²) in [7, 11) is 0. The van der Waals surface area contributed by atoms with Crippen molar-refractivity contribution in [2.75, 3.05) is 5.32 Å². The number of furan rings is 1. The summed E-state index contributed by atoms with van der Waals surface area (Å²) in [5, 5.41) is 14.1. The first-order chi connectivity index (χ1) is 9.04. The van der Waals surface area contributed by atoms with Crippen LogP contribution in [-0.4, -0.2) is 26.5 Å². The van der Waals surface area contributed by atoms with Crippen LogP contribution in [0.2, 0.25) is 0 Å². The standard InChI is InChI=1S/C10H10N4O4S/c1-5-12-10(19-14-5)13-9(17)11-4-6-2-3-7(18-6)8(15)16/h2-3H,4H2,1H3,(H,15,16)(H2,11,12,13,14,17). The van der Waals surface area contributed by atoms with Crippen molar-refractivity contribution in [3.63, 3.8) is 0 Å². The maximum atomic E-state index is 11.5. The summed E-state index contributed by atoms with van der Waals surface area (Å²) in [4.78, 5) is 26.1. The van der Waals surface area contributed by atoms with Crippen LogP contribution in [-0.2, 0) is 6.54 Å². The molecule has 0 spiro atoms. The highest BCUT2D eigenvalue weighted by atomic mass is 32.1. The lowest BCUT2D eigenvalue weighted by Crippen LogP contribution is -2.27. The molecule has 8 nitrogen and oxygen atoms in total. The third-order valence-electron chi connectivity index (χ3n) is 2.04. The molecule has 0 aliphatic heterocycles. The molecule has 0 unspecified atom stereocenters. The second-order valence-corrected chi connectivity index (χ2v) is 4.28. The molecule has 100 valence electrons. The van der Waals surface area contributed by atoms with E-state index in [-0.39, 0.29) is 12.3 Å². The molecule has 0 atom stereocenters. The Morgan fingerprint density at radius 1 is 1.47 bits per heavy atom. The average Bonchev–Trinajstić information content (AvgIpc) is 2.96. The van der Waals surface area contributed by atoms with Gasteiger partial charge in [-0.3, -0.25) is 5.32 Å². The first-order valence-electron chi connectivity index (χ1n) is 5.22. The zero-order valence-corrected chi connectivity index (χ0v) is 10.7. The van der Waals surface area contributed by atoms with Gasteiger partial charge in [-0.25, -0.2) is 14.6 Å². The number of aromatic carboxylic acids is 1. The van der Waals surface area contributed by atoms with Crippen LogP contribution in [0, 0.1) is 6.92 Å². The van der Waals surface area contributed by atoms with Crippen molar-refractivity contribution in [1.82, 2.24) is 14.7 Å². The number of urea groups is 1. The summed E-state index contributed by atoms with van der Waals surface area (Å²) in [5.74, 6) is -0.393. The SMILES string of the molecule is Cc1nsc(NC(=O)NCc2ccc(C(=O)O)o2)n1. The van der Waals surface area contributed by atoms with Gasteiger partial charge in [0.15, 0.2) is 0 Å². The largest absolute Gasteiger partial charge is 0.475 e. The molecule has 2 amide bonds. The van der Waals surface area contributed by atoms with Crippen LogP contribution in [0.5, 0.6) is 0 Å². The number of anilines is 1. The number of amides is 2. The van der Waals surface area contributed by atoms with Gasteiger partial charge in [0.05, 0.1) is 6.54 Å². The third-order valence-corrected chi connectivity index (χ3v) is 2.77. The molecule has 0 aliphatic rings. The second-order valence-electron chi connectivity index (χ2n) is 3.53. The van der Waals surface area contributed by atoms with Gasteiger partial charge in [-0.15, -0.1) is 0 Å². The lowest BCUT2D eigenvalue weighted by molar-refractivity contribution is 0.0660. The molecule has 2 rings (SSSR count). The number of carboxylic acid groups (broad SMARTS) is 1. The van der Waals surface area contributed by atoms with Gasteiger partial charge in [0.1, 0.15) is 11.6 Å². The van der Waals surface area contributed by atoms with Crippen molar-refractivity contribution >= 4 is 28.7 Å². The molecule has 0 bridgehead atoms. The topological polar surface area (TPSA) is 117 Å². The van der Waals surface area contributed by atoms with Crippen LogP contribution >= 0.6 is 11.5 Å². The van der Waals surface area contributed by atoms with Crippen molar-refractivity contribution in [1.29, 1.82) is 0 Å². The van der Waals surface area contributed by atoms with Crippen molar-refractivity contribution in [3.8, 4) is 0 Å². The molecular weight excluding hydrogens is 272 g/mol. The van der Waals surface area contributed by atoms with E-state index in [9.17, 15) is 9.59 Å². The molecular formula is C10H10N4O4S. The Labute approximate surface area is 111 Å². The zero-order chi connectivity index (χ0) is 13.8. The third kappa shape index (κ3) is 3.52. The molecule has 0 aromatic carbocycles. The fourth-order valence-corrected chi connectivity index (χ4v) is 1.82. The molecule has 9 heteroatoms. The molecule has 0 fully saturated rings. The Morgan fingerprint density at radius 2 is 2.26 bits per heavy atom. The lowest BCUT2D eigenvalue weighted by atomic mass is 10.4. The predicted molar refractivity (Wildman–Crippen MR) is 66.2 cm³/mol. The number of nitrogens with one attached hydrogen (secondary N) is 2. The van der Waals surface area contributed by atoms with E-state index in [0.717, 1.165) is 11.5 Å². The van der Waals surface area contributed by atoms with Crippen molar-refractivity contribution in [2.45, 2.75) is 13.5 Å². The minimum atomic E-state index is -1.15. The number of nitrogens with zero attached hydrogens (tertiary/aromatic N) is 2. The number of carbonyl (C=O) groups is 2. The van der Waals surface area contributed by atoms with Crippen LogP contribution in [0.4, 0.5) is 9.93 Å². The summed E-state index contributed by atoms with van der Waals surface area (Å²) in [5.41, 5.74) is 0. The normalized spacial score (nSPS) is 10.2. The van der Waals surface area contributed by atoms with Gasteiger partial charge in [0.2, 0.25) is 10.9 Å². The summed E-state index contributed by atoms with van der Waals surface area (Å²) in [6.45, 7) is 1.80. The first-order valence-corrected chi connectivity index (χ1v) is 5.99. The molecule has 19 heavy (non-hydrogen) atoms. The first kappa shape index (κ1) is 13.0. The van der Waals surface area contributed by atoms with E-state index in [1.165, 1.54) is 12.1 Å². The van der Waals surface area contributed by atoms with Gasteiger partial charge in [-0.1, -0.05) is 0 Å². The van der Waals surface area contributed by atoms with Gasteiger partial charge >= 0.3 is 12.0 Å². The van der Waals surface area contributed by atoms with E-state index in [1.807, 2.05) is 0 Å². The van der Waals surface area contributed by atoms with Crippen molar-refractivity contribution in [2.24, 2.45) is 0 Å². The summed E-state index contributed by atoms with van der Waals surface area (Å²) in [6.07, 6.45) is 0. The van der Waals surface area contributed by atoms with Crippen LogP contribution in [0.1, 0.15) is 22.1 Å². The number of aryl methyl sites for hydroxylation is 1. The van der Waals surface area contributed by atoms with Gasteiger partial charge in [-0.2, -0.15) is 4.37 Å². The van der Waals surface area contributed by atoms with Crippen molar-refractivity contribution in [3.05, 3.63) is 29.5 Å². The number of carboxylic acids is 1. The lowest BCUT2D eigenvalue weighted by Gasteiger charge is -2.02. The predicted octanol–water partition coefficient (Wildman–Crippen LogP) is 1.46. The molecule has 2 aromatic rings.